The molecular formula is C15H21BrN4O. The number of carbonyl (C=O) groups excluding carboxylic acids is 1. The van der Waals surface area contributed by atoms with Gasteiger partial charge in [-0.2, -0.15) is 0 Å². The highest BCUT2D eigenvalue weighted by atomic mass is 79.9. The van der Waals surface area contributed by atoms with Crippen molar-refractivity contribution in [2.45, 2.75) is 18.4 Å². The van der Waals surface area contributed by atoms with Gasteiger partial charge in [0.1, 0.15) is 5.54 Å². The Morgan fingerprint density at radius 1 is 1.24 bits per heavy atom. The van der Waals surface area contributed by atoms with Gasteiger partial charge in [-0.3, -0.25) is 4.79 Å². The van der Waals surface area contributed by atoms with E-state index in [4.69, 9.17) is 5.73 Å². The Hall–Kier alpha value is -1.11. The quantitative estimate of drug-likeness (QED) is 0.856. The van der Waals surface area contributed by atoms with Gasteiger partial charge in [-0.1, -0.05) is 15.9 Å². The number of piperidine rings is 1. The maximum Gasteiger partial charge on any atom is 0.247 e. The van der Waals surface area contributed by atoms with Gasteiger partial charge in [-0.05, 0) is 37.1 Å². The molecule has 2 saturated heterocycles. The average Bonchev–Trinajstić information content (AvgIpc) is 2.80. The van der Waals surface area contributed by atoms with Gasteiger partial charge in [0.15, 0.2) is 0 Å². The van der Waals surface area contributed by atoms with Crippen LogP contribution in [0.1, 0.15) is 12.8 Å². The van der Waals surface area contributed by atoms with Crippen molar-refractivity contribution in [2.24, 2.45) is 5.73 Å². The molecule has 6 heteroatoms. The third-order valence-corrected chi connectivity index (χ3v) is 5.13. The molecule has 1 amide bonds. The van der Waals surface area contributed by atoms with Crippen LogP contribution in [0, 0.1) is 0 Å². The molecule has 0 radical (unpaired) electrons. The molecule has 1 aromatic rings. The Labute approximate surface area is 133 Å². The first-order chi connectivity index (χ1) is 10.2. The summed E-state index contributed by atoms with van der Waals surface area (Å²) in [5.41, 5.74) is 6.34. The largest absolute Gasteiger partial charge is 0.339 e. The third-order valence-electron chi connectivity index (χ3n) is 4.60. The Kier molecular flexibility index (Phi) is 4.19. The number of amides is 1. The van der Waals surface area contributed by atoms with Crippen LogP contribution >= 0.6 is 15.9 Å². The summed E-state index contributed by atoms with van der Waals surface area (Å²) in [6.07, 6.45) is 1.71. The van der Waals surface area contributed by atoms with Crippen LogP contribution in [0.3, 0.4) is 0 Å². The van der Waals surface area contributed by atoms with E-state index in [1.807, 2.05) is 12.1 Å². The Morgan fingerprint density at radius 2 is 1.90 bits per heavy atom. The molecule has 21 heavy (non-hydrogen) atoms. The van der Waals surface area contributed by atoms with Crippen LogP contribution < -0.4 is 16.0 Å². The van der Waals surface area contributed by atoms with Crippen molar-refractivity contribution >= 4 is 27.5 Å². The number of likely N-dealkylation sites (tertiary alicyclic amines) is 1. The van der Waals surface area contributed by atoms with Crippen molar-refractivity contribution in [2.75, 3.05) is 37.7 Å². The van der Waals surface area contributed by atoms with Gasteiger partial charge in [-0.15, -0.1) is 0 Å². The van der Waals surface area contributed by atoms with Crippen LogP contribution in [0.4, 0.5) is 5.69 Å². The van der Waals surface area contributed by atoms with Crippen LogP contribution in [0.5, 0.6) is 0 Å². The normalized spacial score (nSPS) is 21.8. The molecule has 2 heterocycles. The minimum Gasteiger partial charge on any atom is -0.339 e. The van der Waals surface area contributed by atoms with Crippen LogP contribution in [0.25, 0.3) is 0 Å². The summed E-state index contributed by atoms with van der Waals surface area (Å²) in [6.45, 7) is 4.04. The zero-order valence-electron chi connectivity index (χ0n) is 12.0. The fourth-order valence-electron chi connectivity index (χ4n) is 3.37. The number of carbonyl (C=O) groups is 1. The number of nitrogens with zero attached hydrogens (tertiary/aromatic N) is 2. The fourth-order valence-corrected chi connectivity index (χ4v) is 3.64. The number of benzene rings is 1. The predicted octanol–water partition coefficient (Wildman–Crippen LogP) is 1.14. The highest BCUT2D eigenvalue weighted by Gasteiger charge is 2.50. The molecule has 114 valence electrons. The SMILES string of the molecule is NCCN1CCC2(CC1)C(=O)NCN2c1ccc(Br)cc1. The van der Waals surface area contributed by atoms with Crippen molar-refractivity contribution in [1.29, 1.82) is 0 Å². The van der Waals surface area contributed by atoms with Gasteiger partial charge < -0.3 is 20.9 Å². The van der Waals surface area contributed by atoms with E-state index in [1.54, 1.807) is 0 Å². The molecule has 1 aromatic carbocycles. The number of rotatable bonds is 3. The van der Waals surface area contributed by atoms with Gasteiger partial charge in [0.25, 0.3) is 0 Å². The minimum absolute atomic E-state index is 0.165. The van der Waals surface area contributed by atoms with Crippen molar-refractivity contribution < 1.29 is 4.79 Å². The van der Waals surface area contributed by atoms with E-state index >= 15 is 0 Å². The molecule has 3 rings (SSSR count). The van der Waals surface area contributed by atoms with E-state index in [0.29, 0.717) is 13.2 Å². The van der Waals surface area contributed by atoms with E-state index in [0.717, 1.165) is 42.6 Å². The smallest absolute Gasteiger partial charge is 0.247 e. The van der Waals surface area contributed by atoms with Gasteiger partial charge in [-0.25, -0.2) is 0 Å². The highest BCUT2D eigenvalue weighted by Crippen LogP contribution is 2.36. The molecule has 2 aliphatic rings. The summed E-state index contributed by atoms with van der Waals surface area (Å²) in [6, 6.07) is 8.18. The van der Waals surface area contributed by atoms with E-state index < -0.39 is 0 Å². The molecule has 0 aliphatic carbocycles. The lowest BCUT2D eigenvalue weighted by atomic mass is 9.85. The number of hydrogen-bond donors (Lipinski definition) is 2. The van der Waals surface area contributed by atoms with Crippen LogP contribution in [-0.4, -0.2) is 49.2 Å². The second kappa shape index (κ2) is 5.94. The first-order valence-corrected chi connectivity index (χ1v) is 8.19. The zero-order valence-corrected chi connectivity index (χ0v) is 13.6. The summed E-state index contributed by atoms with van der Waals surface area (Å²) < 4.78 is 1.05. The lowest BCUT2D eigenvalue weighted by molar-refractivity contribution is -0.125. The van der Waals surface area contributed by atoms with Crippen molar-refractivity contribution in [1.82, 2.24) is 10.2 Å². The number of anilines is 1. The summed E-state index contributed by atoms with van der Waals surface area (Å²) >= 11 is 3.46. The molecule has 5 nitrogen and oxygen atoms in total. The lowest BCUT2D eigenvalue weighted by Gasteiger charge is -2.43. The van der Waals surface area contributed by atoms with Gasteiger partial charge in [0.2, 0.25) is 5.91 Å². The van der Waals surface area contributed by atoms with Crippen molar-refractivity contribution in [3.8, 4) is 0 Å². The van der Waals surface area contributed by atoms with Crippen LogP contribution in [-0.2, 0) is 4.79 Å². The molecule has 3 N–H and O–H groups in total. The van der Waals surface area contributed by atoms with E-state index in [2.05, 4.69) is 43.2 Å². The lowest BCUT2D eigenvalue weighted by Crippen LogP contribution is -2.56. The fraction of sp³-hybridized carbons (Fsp3) is 0.533. The van der Waals surface area contributed by atoms with E-state index in [-0.39, 0.29) is 11.4 Å². The van der Waals surface area contributed by atoms with Gasteiger partial charge in [0.05, 0.1) is 6.67 Å². The number of hydrogen-bond acceptors (Lipinski definition) is 4. The minimum atomic E-state index is -0.390. The first-order valence-electron chi connectivity index (χ1n) is 7.40. The van der Waals surface area contributed by atoms with Crippen molar-refractivity contribution in [3.63, 3.8) is 0 Å². The maximum atomic E-state index is 12.5. The number of halogens is 1. The summed E-state index contributed by atoms with van der Waals surface area (Å²) in [7, 11) is 0. The first kappa shape index (κ1) is 14.8. The molecule has 0 saturated carbocycles. The maximum absolute atomic E-state index is 12.5. The van der Waals surface area contributed by atoms with Crippen molar-refractivity contribution in [3.05, 3.63) is 28.7 Å². The molecule has 0 atom stereocenters. The topological polar surface area (TPSA) is 61.6 Å². The number of nitrogens with one attached hydrogen (secondary N) is 1. The second-order valence-corrected chi connectivity index (χ2v) is 6.65. The summed E-state index contributed by atoms with van der Waals surface area (Å²) in [5.74, 6) is 0.165. The molecule has 2 aliphatic heterocycles. The standard InChI is InChI=1S/C15H21BrN4O/c16-12-1-3-13(4-2-12)20-11-18-14(21)15(20)5-8-19(9-6-15)10-7-17/h1-4H,5-11,17H2,(H,18,21). The monoisotopic (exact) mass is 352 g/mol. The summed E-state index contributed by atoms with van der Waals surface area (Å²) in [5, 5.41) is 3.02. The Morgan fingerprint density at radius 3 is 2.52 bits per heavy atom. The molecular weight excluding hydrogens is 332 g/mol. The second-order valence-electron chi connectivity index (χ2n) is 5.73. The predicted molar refractivity (Wildman–Crippen MR) is 87.1 cm³/mol. The average molecular weight is 353 g/mol. The van der Waals surface area contributed by atoms with E-state index in [1.165, 1.54) is 0 Å². The Bertz CT molecular complexity index is 511. The molecule has 1 spiro atoms. The molecule has 2 fully saturated rings. The zero-order chi connectivity index (χ0) is 14.9. The van der Waals surface area contributed by atoms with E-state index in [9.17, 15) is 4.79 Å². The van der Waals surface area contributed by atoms with Gasteiger partial charge in [0, 0.05) is 36.3 Å². The molecule has 0 aromatic heterocycles. The molecule has 0 bridgehead atoms. The third kappa shape index (κ3) is 2.67. The Balaban J connectivity index is 1.81. The van der Waals surface area contributed by atoms with Crippen LogP contribution in [0.2, 0.25) is 0 Å². The summed E-state index contributed by atoms with van der Waals surface area (Å²) in [4.78, 5) is 17.0. The highest BCUT2D eigenvalue weighted by molar-refractivity contribution is 9.10. The molecule has 0 unspecified atom stereocenters. The van der Waals surface area contributed by atoms with Crippen LogP contribution in [0.15, 0.2) is 28.7 Å². The van der Waals surface area contributed by atoms with Gasteiger partial charge >= 0.3 is 0 Å². The number of nitrogens with two attached hydrogens (primary N) is 1.